The number of hydrogen-bond acceptors (Lipinski definition) is 5. The van der Waals surface area contributed by atoms with Crippen LogP contribution in [0, 0.1) is 0 Å². The molecular formula is C25H25ClN4O2. The Kier molecular flexibility index (Phi) is 7.02. The van der Waals surface area contributed by atoms with E-state index in [2.05, 4.69) is 15.4 Å². The van der Waals surface area contributed by atoms with Gasteiger partial charge in [-0.1, -0.05) is 35.9 Å². The molecule has 2 aromatic heterocycles. The van der Waals surface area contributed by atoms with Crippen molar-refractivity contribution in [2.24, 2.45) is 0 Å². The van der Waals surface area contributed by atoms with Crippen molar-refractivity contribution in [3.63, 3.8) is 0 Å². The molecule has 0 unspecified atom stereocenters. The van der Waals surface area contributed by atoms with Crippen LogP contribution in [0.3, 0.4) is 0 Å². The Balaban J connectivity index is 0.000000158. The van der Waals surface area contributed by atoms with Gasteiger partial charge in [-0.25, -0.2) is 9.50 Å². The number of fused-ring (bicyclic) bond motifs is 1. The lowest BCUT2D eigenvalue weighted by Gasteiger charge is -2.15. The van der Waals surface area contributed by atoms with Crippen molar-refractivity contribution < 1.29 is 9.53 Å². The van der Waals surface area contributed by atoms with Gasteiger partial charge in [0, 0.05) is 23.8 Å². The van der Waals surface area contributed by atoms with Gasteiger partial charge < -0.3 is 10.1 Å². The highest BCUT2D eigenvalue weighted by atomic mass is 35.5. The lowest BCUT2D eigenvalue weighted by molar-refractivity contribution is 0.111. The first-order valence-corrected chi connectivity index (χ1v) is 11.0. The van der Waals surface area contributed by atoms with Crippen LogP contribution < -0.4 is 10.1 Å². The van der Waals surface area contributed by atoms with Crippen LogP contribution in [0.1, 0.15) is 36.2 Å². The second kappa shape index (κ2) is 10.3. The quantitative estimate of drug-likeness (QED) is 0.384. The van der Waals surface area contributed by atoms with E-state index in [1.807, 2.05) is 49.5 Å². The highest BCUT2D eigenvalue weighted by molar-refractivity contribution is 6.30. The maximum absolute atomic E-state index is 10.8. The van der Waals surface area contributed by atoms with Crippen LogP contribution in [0.25, 0.3) is 16.8 Å². The summed E-state index contributed by atoms with van der Waals surface area (Å²) in [5.74, 6) is 0.988. The minimum absolute atomic E-state index is 0.381. The van der Waals surface area contributed by atoms with Gasteiger partial charge in [-0.2, -0.15) is 5.10 Å². The summed E-state index contributed by atoms with van der Waals surface area (Å²) < 4.78 is 7.56. The second-order valence-corrected chi connectivity index (χ2v) is 8.01. The van der Waals surface area contributed by atoms with Crippen molar-refractivity contribution in [3.8, 4) is 16.9 Å². The first kappa shape index (κ1) is 21.8. The molecular weight excluding hydrogens is 424 g/mol. The Bertz CT molecular complexity index is 1200. The number of para-hydroxylation sites is 2. The van der Waals surface area contributed by atoms with E-state index in [4.69, 9.17) is 16.3 Å². The van der Waals surface area contributed by atoms with Gasteiger partial charge in [-0.15, -0.1) is 0 Å². The molecule has 32 heavy (non-hydrogen) atoms. The molecule has 7 heteroatoms. The van der Waals surface area contributed by atoms with Crippen molar-refractivity contribution >= 4 is 29.2 Å². The predicted octanol–water partition coefficient (Wildman–Crippen LogP) is 5.91. The summed E-state index contributed by atoms with van der Waals surface area (Å²) in [4.78, 5) is 15.0. The molecule has 2 aromatic carbocycles. The molecule has 0 radical (unpaired) electrons. The first-order valence-electron chi connectivity index (χ1n) is 10.7. The molecule has 1 fully saturated rings. The van der Waals surface area contributed by atoms with Crippen molar-refractivity contribution in [1.29, 1.82) is 0 Å². The van der Waals surface area contributed by atoms with E-state index < -0.39 is 0 Å². The number of carbonyl (C=O) groups excluding carboxylic acids is 1. The second-order valence-electron chi connectivity index (χ2n) is 7.58. The average molecular weight is 449 g/mol. The van der Waals surface area contributed by atoms with Crippen LogP contribution in [0.4, 0.5) is 5.69 Å². The van der Waals surface area contributed by atoms with E-state index in [0.29, 0.717) is 22.5 Å². The first-order chi connectivity index (χ1) is 15.7. The summed E-state index contributed by atoms with van der Waals surface area (Å²) in [6, 6.07) is 17.2. The zero-order chi connectivity index (χ0) is 22.3. The summed E-state index contributed by atoms with van der Waals surface area (Å²) in [7, 11) is 1.93. The van der Waals surface area contributed by atoms with E-state index in [0.717, 1.165) is 28.8 Å². The monoisotopic (exact) mass is 448 g/mol. The summed E-state index contributed by atoms with van der Waals surface area (Å²) in [5.41, 5.74) is 3.88. The molecule has 0 atom stereocenters. The molecule has 0 spiro atoms. The molecule has 4 aromatic rings. The number of aromatic nitrogens is 3. The number of nitrogens with one attached hydrogen (secondary N) is 1. The van der Waals surface area contributed by atoms with Gasteiger partial charge in [0.25, 0.3) is 0 Å². The Morgan fingerprint density at radius 3 is 2.69 bits per heavy atom. The van der Waals surface area contributed by atoms with Gasteiger partial charge in [0.1, 0.15) is 11.4 Å². The largest absolute Gasteiger partial charge is 0.488 e. The van der Waals surface area contributed by atoms with Crippen LogP contribution in [-0.4, -0.2) is 34.0 Å². The third kappa shape index (κ3) is 5.08. The van der Waals surface area contributed by atoms with E-state index in [9.17, 15) is 4.79 Å². The minimum atomic E-state index is 0.381. The van der Waals surface area contributed by atoms with E-state index in [1.54, 1.807) is 29.0 Å². The van der Waals surface area contributed by atoms with Gasteiger partial charge >= 0.3 is 0 Å². The Morgan fingerprint density at radius 2 is 1.94 bits per heavy atom. The predicted molar refractivity (Wildman–Crippen MR) is 128 cm³/mol. The number of nitrogens with zero attached hydrogens (tertiary/aromatic N) is 3. The van der Waals surface area contributed by atoms with Crippen LogP contribution in [0.2, 0.25) is 5.02 Å². The molecule has 0 bridgehead atoms. The molecule has 1 aliphatic carbocycles. The molecule has 5 rings (SSSR count). The fourth-order valence-corrected chi connectivity index (χ4v) is 3.96. The molecule has 1 saturated carbocycles. The highest BCUT2D eigenvalue weighted by Crippen LogP contribution is 2.29. The van der Waals surface area contributed by atoms with Crippen LogP contribution >= 0.6 is 11.6 Å². The van der Waals surface area contributed by atoms with Gasteiger partial charge in [0.15, 0.2) is 11.9 Å². The molecule has 1 N–H and O–H groups in total. The Morgan fingerprint density at radius 1 is 1.12 bits per heavy atom. The lowest BCUT2D eigenvalue weighted by Crippen LogP contribution is -2.11. The van der Waals surface area contributed by atoms with E-state index in [1.165, 1.54) is 25.7 Å². The molecule has 164 valence electrons. The minimum Gasteiger partial charge on any atom is -0.488 e. The van der Waals surface area contributed by atoms with E-state index >= 15 is 0 Å². The fourth-order valence-electron chi connectivity index (χ4n) is 3.77. The van der Waals surface area contributed by atoms with Gasteiger partial charge in [-0.3, -0.25) is 4.79 Å². The number of aldehydes is 1. The number of ether oxygens (including phenoxy) is 1. The zero-order valence-electron chi connectivity index (χ0n) is 17.9. The van der Waals surface area contributed by atoms with Crippen LogP contribution in [0.15, 0.2) is 67.0 Å². The SMILES string of the molecule is CNc1ccccc1OC1CCCC1.O=Cc1ccn2ncc(-c3cccc(Cl)c3)c2n1. The number of halogens is 1. The maximum Gasteiger partial charge on any atom is 0.168 e. The summed E-state index contributed by atoms with van der Waals surface area (Å²) in [6.45, 7) is 0. The highest BCUT2D eigenvalue weighted by Gasteiger charge is 2.17. The molecule has 1 aliphatic rings. The standard InChI is InChI=1S/C13H8ClN3O.C12H17NO/c14-10-3-1-2-9(6-10)12-7-15-17-5-4-11(8-18)16-13(12)17;1-13-11-8-4-5-9-12(11)14-10-6-2-3-7-10/h1-8H;4-5,8-10,13H,2-3,6-7H2,1H3. The van der Waals surface area contributed by atoms with Crippen molar-refractivity contribution in [2.45, 2.75) is 31.8 Å². The lowest BCUT2D eigenvalue weighted by atomic mass is 10.1. The van der Waals surface area contributed by atoms with Gasteiger partial charge in [0.2, 0.25) is 0 Å². The molecule has 0 saturated heterocycles. The van der Waals surface area contributed by atoms with Gasteiger partial charge in [0.05, 0.1) is 18.0 Å². The number of rotatable bonds is 5. The van der Waals surface area contributed by atoms with E-state index in [-0.39, 0.29) is 0 Å². The third-order valence-electron chi connectivity index (χ3n) is 5.40. The summed E-state index contributed by atoms with van der Waals surface area (Å²) in [6.07, 6.45) is 9.61. The van der Waals surface area contributed by atoms with Crippen molar-refractivity contribution in [1.82, 2.24) is 14.6 Å². The van der Waals surface area contributed by atoms with Crippen LogP contribution in [0.5, 0.6) is 5.75 Å². The smallest absolute Gasteiger partial charge is 0.168 e. The summed E-state index contributed by atoms with van der Waals surface area (Å²) >= 11 is 5.97. The fraction of sp³-hybridized carbons (Fsp3) is 0.240. The maximum atomic E-state index is 10.8. The zero-order valence-corrected chi connectivity index (χ0v) is 18.6. The number of benzene rings is 2. The average Bonchev–Trinajstić information content (AvgIpc) is 3.49. The Hall–Kier alpha value is -3.38. The van der Waals surface area contributed by atoms with Gasteiger partial charge in [-0.05, 0) is 61.6 Å². The molecule has 2 heterocycles. The summed E-state index contributed by atoms with van der Waals surface area (Å²) in [5, 5.41) is 7.99. The normalized spacial score (nSPS) is 13.4. The Labute approximate surface area is 192 Å². The molecule has 0 amide bonds. The third-order valence-corrected chi connectivity index (χ3v) is 5.63. The number of hydrogen-bond donors (Lipinski definition) is 1. The molecule has 0 aliphatic heterocycles. The van der Waals surface area contributed by atoms with Crippen molar-refractivity contribution in [3.05, 3.63) is 77.7 Å². The number of carbonyl (C=O) groups is 1. The molecule has 6 nitrogen and oxygen atoms in total. The number of anilines is 1. The van der Waals surface area contributed by atoms with Crippen LogP contribution in [-0.2, 0) is 0 Å². The van der Waals surface area contributed by atoms with Crippen molar-refractivity contribution in [2.75, 3.05) is 12.4 Å². The topological polar surface area (TPSA) is 68.5 Å².